The van der Waals surface area contributed by atoms with E-state index in [-0.39, 0.29) is 35.6 Å². The third-order valence-electron chi connectivity index (χ3n) is 2.51. The molecule has 14 heavy (non-hydrogen) atoms. The predicted molar refractivity (Wildman–Crippen MR) is 65.7 cm³/mol. The molecule has 0 aromatic rings. The molecule has 0 amide bonds. The van der Waals surface area contributed by atoms with Gasteiger partial charge in [-0.1, -0.05) is 64.7 Å². The molecule has 0 aromatic heterocycles. The topological polar surface area (TPSA) is 0 Å². The molecule has 1 radical (unpaired) electrons. The summed E-state index contributed by atoms with van der Waals surface area (Å²) in [6.45, 7) is 2.28. The summed E-state index contributed by atoms with van der Waals surface area (Å²) in [5.74, 6) is 1.07. The van der Waals surface area contributed by atoms with Gasteiger partial charge in [0.2, 0.25) is 0 Å². The molecule has 0 saturated heterocycles. The Labute approximate surface area is 124 Å². The maximum atomic E-state index is 4.20. The van der Waals surface area contributed by atoms with E-state index in [1.165, 1.54) is 64.2 Å². The Kier molecular flexibility index (Phi) is 21.7. The van der Waals surface area contributed by atoms with Crippen molar-refractivity contribution in [3.05, 3.63) is 0 Å². The summed E-state index contributed by atoms with van der Waals surface area (Å²) in [6, 6.07) is 0. The van der Waals surface area contributed by atoms with Crippen LogP contribution in [-0.2, 0) is 0 Å². The first-order valence-corrected chi connectivity index (χ1v) is 6.66. The van der Waals surface area contributed by atoms with E-state index in [4.69, 9.17) is 0 Å². The van der Waals surface area contributed by atoms with Crippen LogP contribution < -0.4 is 0 Å². The van der Waals surface area contributed by atoms with E-state index in [0.717, 1.165) is 5.75 Å². The Hall–Kier alpha value is 1.54. The van der Waals surface area contributed by atoms with Gasteiger partial charge in [-0.05, 0) is 12.2 Å². The second kappa shape index (κ2) is 17.0. The fraction of sp³-hybridized carbons (Fsp3) is 1.00. The van der Waals surface area contributed by atoms with E-state index < -0.39 is 0 Å². The molecular formula is C12H26LaS. The zero-order chi connectivity index (χ0) is 9.78. The van der Waals surface area contributed by atoms with Crippen molar-refractivity contribution in [2.45, 2.75) is 71.1 Å². The molecular weight excluding hydrogens is 315 g/mol. The third kappa shape index (κ3) is 16.0. The van der Waals surface area contributed by atoms with Crippen molar-refractivity contribution in [3.63, 3.8) is 0 Å². The molecule has 0 aromatic carbocycles. The molecule has 0 aliphatic rings. The summed E-state index contributed by atoms with van der Waals surface area (Å²) in [7, 11) is 0. The summed E-state index contributed by atoms with van der Waals surface area (Å²) < 4.78 is 0. The van der Waals surface area contributed by atoms with Crippen molar-refractivity contribution >= 4 is 12.6 Å². The van der Waals surface area contributed by atoms with Crippen molar-refractivity contribution in [2.75, 3.05) is 5.75 Å². The number of rotatable bonds is 10. The molecule has 0 aliphatic heterocycles. The van der Waals surface area contributed by atoms with Gasteiger partial charge in [-0.3, -0.25) is 0 Å². The van der Waals surface area contributed by atoms with Gasteiger partial charge in [-0.15, -0.1) is 0 Å². The van der Waals surface area contributed by atoms with E-state index in [1.807, 2.05) is 0 Å². The normalized spacial score (nSPS) is 9.86. The van der Waals surface area contributed by atoms with E-state index in [2.05, 4.69) is 19.6 Å². The molecule has 0 bridgehead atoms. The van der Waals surface area contributed by atoms with Crippen LogP contribution in [0.5, 0.6) is 0 Å². The summed E-state index contributed by atoms with van der Waals surface area (Å²) in [4.78, 5) is 0. The summed E-state index contributed by atoms with van der Waals surface area (Å²) in [5.41, 5.74) is 0. The van der Waals surface area contributed by atoms with Crippen molar-refractivity contribution in [1.82, 2.24) is 0 Å². The smallest absolute Gasteiger partial charge is 0 e. The summed E-state index contributed by atoms with van der Waals surface area (Å²) >= 11 is 4.20. The van der Waals surface area contributed by atoms with Crippen LogP contribution >= 0.6 is 12.6 Å². The Balaban J connectivity index is 0. The Morgan fingerprint density at radius 2 is 1.00 bits per heavy atom. The molecule has 0 nitrogen and oxygen atoms in total. The fourth-order valence-corrected chi connectivity index (χ4v) is 1.82. The molecule has 0 aliphatic carbocycles. The van der Waals surface area contributed by atoms with Crippen molar-refractivity contribution in [2.24, 2.45) is 0 Å². The van der Waals surface area contributed by atoms with Gasteiger partial charge in [0.1, 0.15) is 0 Å². The molecule has 0 heterocycles. The Morgan fingerprint density at radius 1 is 0.643 bits per heavy atom. The molecule has 2 heteroatoms. The number of hydrogen-bond acceptors (Lipinski definition) is 1. The number of hydrogen-bond donors (Lipinski definition) is 1. The van der Waals surface area contributed by atoms with E-state index in [1.54, 1.807) is 0 Å². The monoisotopic (exact) mass is 341 g/mol. The number of unbranched alkanes of at least 4 members (excludes halogenated alkanes) is 9. The van der Waals surface area contributed by atoms with Gasteiger partial charge in [-0.2, -0.15) is 12.6 Å². The van der Waals surface area contributed by atoms with Crippen LogP contribution in [0.4, 0.5) is 0 Å². The first kappa shape index (κ1) is 17.9. The van der Waals surface area contributed by atoms with Crippen LogP contribution in [0.2, 0.25) is 0 Å². The predicted octanol–water partition coefficient (Wildman–Crippen LogP) is 4.84. The SMILES string of the molecule is CCCCCCCCCCCCS.[La]. The van der Waals surface area contributed by atoms with Crippen molar-refractivity contribution in [1.29, 1.82) is 0 Å². The first-order chi connectivity index (χ1) is 6.41. The molecule has 0 fully saturated rings. The third-order valence-corrected chi connectivity index (χ3v) is 2.83. The van der Waals surface area contributed by atoms with Gasteiger partial charge in [0, 0.05) is 35.6 Å². The van der Waals surface area contributed by atoms with Gasteiger partial charge in [0.05, 0.1) is 0 Å². The van der Waals surface area contributed by atoms with Gasteiger partial charge in [0.15, 0.2) is 0 Å². The quantitative estimate of drug-likeness (QED) is 0.427. The molecule has 0 rings (SSSR count). The summed E-state index contributed by atoms with van der Waals surface area (Å²) in [5, 5.41) is 0. The van der Waals surface area contributed by atoms with E-state index in [0.29, 0.717) is 0 Å². The van der Waals surface area contributed by atoms with Crippen molar-refractivity contribution in [3.8, 4) is 0 Å². The van der Waals surface area contributed by atoms with Gasteiger partial charge < -0.3 is 0 Å². The maximum absolute atomic E-state index is 4.20. The summed E-state index contributed by atoms with van der Waals surface area (Å²) in [6.07, 6.45) is 14.2. The zero-order valence-corrected chi connectivity index (χ0v) is 14.3. The standard InChI is InChI=1S/C12H26S.La/c1-2-3-4-5-6-7-8-9-10-11-12-13;/h13H,2-12H2,1H3;. The fourth-order valence-electron chi connectivity index (χ4n) is 1.60. The Morgan fingerprint density at radius 3 is 1.36 bits per heavy atom. The van der Waals surface area contributed by atoms with Crippen LogP contribution in [-0.4, -0.2) is 5.75 Å². The van der Waals surface area contributed by atoms with Gasteiger partial charge in [-0.25, -0.2) is 0 Å². The Bertz CT molecular complexity index is 76.4. The largest absolute Gasteiger partial charge is 0.179 e. The second-order valence-corrected chi connectivity index (χ2v) is 4.35. The maximum Gasteiger partial charge on any atom is 0 e. The molecule has 0 saturated carbocycles. The van der Waals surface area contributed by atoms with Crippen molar-refractivity contribution < 1.29 is 35.6 Å². The molecule has 0 spiro atoms. The van der Waals surface area contributed by atoms with Gasteiger partial charge in [0.25, 0.3) is 0 Å². The zero-order valence-electron chi connectivity index (χ0n) is 9.80. The van der Waals surface area contributed by atoms with Crippen LogP contribution in [0.1, 0.15) is 71.1 Å². The first-order valence-electron chi connectivity index (χ1n) is 6.02. The van der Waals surface area contributed by atoms with E-state index >= 15 is 0 Å². The minimum atomic E-state index is 0. The number of thiol groups is 1. The molecule has 0 atom stereocenters. The van der Waals surface area contributed by atoms with E-state index in [9.17, 15) is 0 Å². The van der Waals surface area contributed by atoms with Crippen LogP contribution in [0.25, 0.3) is 0 Å². The molecule has 0 N–H and O–H groups in total. The molecule has 0 unspecified atom stereocenters. The minimum Gasteiger partial charge on any atom is -0.179 e. The van der Waals surface area contributed by atoms with Crippen LogP contribution in [0, 0.1) is 35.6 Å². The van der Waals surface area contributed by atoms with Crippen LogP contribution in [0.15, 0.2) is 0 Å². The average Bonchev–Trinajstić information content (AvgIpc) is 2.16. The van der Waals surface area contributed by atoms with Gasteiger partial charge >= 0.3 is 0 Å². The molecule has 83 valence electrons. The second-order valence-electron chi connectivity index (χ2n) is 3.91. The minimum absolute atomic E-state index is 0. The average molecular weight is 341 g/mol. The van der Waals surface area contributed by atoms with Crippen LogP contribution in [0.3, 0.4) is 0 Å².